The minimum atomic E-state index is 0.965. The first-order valence-corrected chi connectivity index (χ1v) is 18.2. The Labute approximate surface area is 304 Å². The predicted molar refractivity (Wildman–Crippen MR) is 223 cm³/mol. The van der Waals surface area contributed by atoms with Crippen LogP contribution in [0, 0.1) is 0 Å². The quantitative estimate of drug-likeness (QED) is 0.122. The molecular weight excluding hydrogens is 629 g/mol. The molecule has 0 aliphatic heterocycles. The second-order valence-corrected chi connectivity index (χ2v) is 13.4. The van der Waals surface area contributed by atoms with E-state index in [9.17, 15) is 0 Å². The molecular formula is C50H38N2. The minimum Gasteiger partial charge on any atom is -0.291 e. The van der Waals surface area contributed by atoms with Crippen molar-refractivity contribution in [2.75, 3.05) is 0 Å². The standard InChI is InChI=1S/C50H38N2/c1-3-16-34(17-4-2)40-30-41(35-18-8-5-9-19-35)32-42(31-40)39-27-28-44-45-29-26-36-20-14-15-25-43(36)47(45)50-51-48(37-21-10-6-11-22-37)49(52(50)46(44)33-39)38-23-12-7-13-24-38/h3,5-33H,4H2,1-2H3/b16-3-,34-17+. The molecule has 0 amide bonds. The third-order valence-corrected chi connectivity index (χ3v) is 10.1. The Kier molecular flexibility index (Phi) is 8.06. The summed E-state index contributed by atoms with van der Waals surface area (Å²) < 4.78 is 2.43. The summed E-state index contributed by atoms with van der Waals surface area (Å²) in [6, 6.07) is 59.3. The van der Waals surface area contributed by atoms with E-state index >= 15 is 0 Å². The number of nitrogens with zero attached hydrogens (tertiary/aromatic N) is 2. The molecule has 2 nitrogen and oxygen atoms in total. The van der Waals surface area contributed by atoms with E-state index in [0.717, 1.165) is 40.1 Å². The Balaban J connectivity index is 1.42. The Bertz CT molecular complexity index is 2810. The van der Waals surface area contributed by atoms with Crippen molar-refractivity contribution in [2.24, 2.45) is 0 Å². The van der Waals surface area contributed by atoms with Crippen LogP contribution in [-0.2, 0) is 0 Å². The lowest BCUT2D eigenvalue weighted by atomic mass is 9.92. The third-order valence-electron chi connectivity index (χ3n) is 10.1. The molecule has 9 aromatic rings. The van der Waals surface area contributed by atoms with Crippen molar-refractivity contribution < 1.29 is 0 Å². The maximum absolute atomic E-state index is 5.57. The Morgan fingerprint density at radius 1 is 0.558 bits per heavy atom. The molecule has 0 saturated heterocycles. The van der Waals surface area contributed by atoms with E-state index in [1.165, 1.54) is 60.3 Å². The van der Waals surface area contributed by atoms with Crippen LogP contribution < -0.4 is 0 Å². The van der Waals surface area contributed by atoms with Gasteiger partial charge >= 0.3 is 0 Å². The fraction of sp³-hybridized carbons (Fsp3) is 0.0600. The van der Waals surface area contributed by atoms with E-state index in [1.807, 2.05) is 0 Å². The summed E-state index contributed by atoms with van der Waals surface area (Å²) in [5, 5.41) is 6.00. The van der Waals surface area contributed by atoms with Crippen LogP contribution in [0.2, 0.25) is 0 Å². The number of benzene rings is 7. The van der Waals surface area contributed by atoms with Crippen LogP contribution in [0.25, 0.3) is 88.4 Å². The van der Waals surface area contributed by atoms with Crippen molar-refractivity contribution in [3.8, 4) is 44.8 Å². The monoisotopic (exact) mass is 666 g/mol. The van der Waals surface area contributed by atoms with E-state index in [2.05, 4.69) is 200 Å². The number of hydrogen-bond donors (Lipinski definition) is 0. The summed E-state index contributed by atoms with van der Waals surface area (Å²) in [5.74, 6) is 0. The molecule has 0 spiro atoms. The largest absolute Gasteiger partial charge is 0.291 e. The summed E-state index contributed by atoms with van der Waals surface area (Å²) in [6.45, 7) is 4.29. The molecule has 7 aromatic carbocycles. The summed E-state index contributed by atoms with van der Waals surface area (Å²) in [7, 11) is 0. The second kappa shape index (κ2) is 13.3. The highest BCUT2D eigenvalue weighted by atomic mass is 15.0. The van der Waals surface area contributed by atoms with Crippen LogP contribution in [0.1, 0.15) is 25.8 Å². The zero-order valence-corrected chi connectivity index (χ0v) is 29.4. The number of imidazole rings is 1. The molecule has 0 fully saturated rings. The van der Waals surface area contributed by atoms with Gasteiger partial charge in [-0.3, -0.25) is 4.40 Å². The second-order valence-electron chi connectivity index (χ2n) is 13.4. The third kappa shape index (κ3) is 5.41. The van der Waals surface area contributed by atoms with Gasteiger partial charge in [0.2, 0.25) is 0 Å². The van der Waals surface area contributed by atoms with Gasteiger partial charge in [0.25, 0.3) is 0 Å². The highest BCUT2D eigenvalue weighted by Gasteiger charge is 2.22. The maximum atomic E-state index is 5.57. The van der Waals surface area contributed by atoms with Gasteiger partial charge in [0.05, 0.1) is 16.9 Å². The lowest BCUT2D eigenvalue weighted by Gasteiger charge is -2.16. The normalized spacial score (nSPS) is 12.2. The van der Waals surface area contributed by atoms with Crippen LogP contribution >= 0.6 is 0 Å². The van der Waals surface area contributed by atoms with Crippen molar-refractivity contribution in [1.29, 1.82) is 0 Å². The molecule has 2 heterocycles. The summed E-state index contributed by atoms with van der Waals surface area (Å²) in [6.07, 6.45) is 7.64. The van der Waals surface area contributed by atoms with E-state index in [-0.39, 0.29) is 0 Å². The van der Waals surface area contributed by atoms with Gasteiger partial charge in [-0.2, -0.15) is 0 Å². The average Bonchev–Trinajstić information content (AvgIpc) is 3.62. The molecule has 2 aromatic heterocycles. The van der Waals surface area contributed by atoms with Gasteiger partial charge < -0.3 is 0 Å². The topological polar surface area (TPSA) is 17.3 Å². The van der Waals surface area contributed by atoms with Gasteiger partial charge in [-0.15, -0.1) is 0 Å². The molecule has 0 unspecified atom stereocenters. The van der Waals surface area contributed by atoms with Gasteiger partial charge in [-0.05, 0) is 87.2 Å². The van der Waals surface area contributed by atoms with Crippen molar-refractivity contribution >= 4 is 43.7 Å². The molecule has 0 saturated carbocycles. The smallest absolute Gasteiger partial charge is 0.147 e. The fourth-order valence-electron chi connectivity index (χ4n) is 7.78. The van der Waals surface area contributed by atoms with Crippen molar-refractivity contribution in [2.45, 2.75) is 20.3 Å². The molecule has 9 rings (SSSR count). The number of rotatable bonds is 7. The summed E-state index contributed by atoms with van der Waals surface area (Å²) in [4.78, 5) is 5.57. The van der Waals surface area contributed by atoms with Crippen molar-refractivity contribution in [3.63, 3.8) is 0 Å². The molecule has 0 radical (unpaired) electrons. The first-order chi connectivity index (χ1) is 25.7. The van der Waals surface area contributed by atoms with Crippen LogP contribution in [-0.4, -0.2) is 9.38 Å². The molecule has 0 N–H and O–H groups in total. The molecule has 0 bridgehead atoms. The van der Waals surface area contributed by atoms with Crippen LogP contribution in [0.15, 0.2) is 182 Å². The molecule has 248 valence electrons. The number of aromatic nitrogens is 2. The maximum Gasteiger partial charge on any atom is 0.147 e. The number of fused-ring (bicyclic) bond motifs is 8. The summed E-state index contributed by atoms with van der Waals surface area (Å²) in [5.41, 5.74) is 13.6. The van der Waals surface area contributed by atoms with Crippen LogP contribution in [0.4, 0.5) is 0 Å². The zero-order valence-electron chi connectivity index (χ0n) is 29.4. The van der Waals surface area contributed by atoms with Gasteiger partial charge in [-0.1, -0.05) is 165 Å². The lowest BCUT2D eigenvalue weighted by molar-refractivity contribution is 1.23. The van der Waals surface area contributed by atoms with Crippen molar-refractivity contribution in [1.82, 2.24) is 9.38 Å². The predicted octanol–water partition coefficient (Wildman–Crippen LogP) is 13.8. The molecule has 52 heavy (non-hydrogen) atoms. The molecule has 0 atom stereocenters. The first kappa shape index (κ1) is 31.5. The van der Waals surface area contributed by atoms with Gasteiger partial charge in [-0.25, -0.2) is 4.98 Å². The average molecular weight is 667 g/mol. The van der Waals surface area contributed by atoms with Gasteiger partial charge in [0, 0.05) is 21.9 Å². The summed E-state index contributed by atoms with van der Waals surface area (Å²) >= 11 is 0. The van der Waals surface area contributed by atoms with Gasteiger partial charge in [0.1, 0.15) is 5.65 Å². The number of allylic oxidation sites excluding steroid dienone is 4. The molecule has 0 aliphatic carbocycles. The number of hydrogen-bond acceptors (Lipinski definition) is 1. The van der Waals surface area contributed by atoms with Gasteiger partial charge in [0.15, 0.2) is 0 Å². The van der Waals surface area contributed by atoms with E-state index < -0.39 is 0 Å². The zero-order chi connectivity index (χ0) is 35.0. The molecule has 2 heteroatoms. The Hall–Kier alpha value is -6.51. The van der Waals surface area contributed by atoms with E-state index in [4.69, 9.17) is 4.98 Å². The van der Waals surface area contributed by atoms with E-state index in [0.29, 0.717) is 0 Å². The Morgan fingerprint density at radius 3 is 1.90 bits per heavy atom. The SMILES string of the molecule is C/C=C\C(=C/CC)c1cc(-c2ccccc2)cc(-c2ccc3c4ccc5ccccc5c4c4nc(-c5ccccc5)c(-c5ccccc5)n4c3c2)c1. The minimum absolute atomic E-state index is 0.965. The van der Waals surface area contributed by atoms with E-state index in [1.54, 1.807) is 0 Å². The van der Waals surface area contributed by atoms with Crippen LogP contribution in [0.5, 0.6) is 0 Å². The number of pyridine rings is 1. The highest BCUT2D eigenvalue weighted by molar-refractivity contribution is 6.23. The molecule has 0 aliphatic rings. The Morgan fingerprint density at radius 2 is 1.19 bits per heavy atom. The highest BCUT2D eigenvalue weighted by Crippen LogP contribution is 2.42. The van der Waals surface area contributed by atoms with Crippen LogP contribution in [0.3, 0.4) is 0 Å². The first-order valence-electron chi connectivity index (χ1n) is 18.2. The fourth-order valence-corrected chi connectivity index (χ4v) is 7.78. The van der Waals surface area contributed by atoms with Crippen molar-refractivity contribution in [3.05, 3.63) is 188 Å². The lowest BCUT2D eigenvalue weighted by Crippen LogP contribution is -1.96.